The molecule has 1 aliphatic heterocycles. The lowest BCUT2D eigenvalue weighted by Gasteiger charge is -2.33. The Kier molecular flexibility index (Phi) is 7.44. The second-order valence-corrected chi connectivity index (χ2v) is 9.57. The molecular formula is C29H32N6O2. The van der Waals surface area contributed by atoms with E-state index in [2.05, 4.69) is 22.4 Å². The maximum atomic E-state index is 13.2. The van der Waals surface area contributed by atoms with Crippen LogP contribution in [0.5, 0.6) is 0 Å². The zero-order valence-electron chi connectivity index (χ0n) is 21.1. The molecule has 1 atom stereocenters. The van der Waals surface area contributed by atoms with Gasteiger partial charge >= 0.3 is 0 Å². The molecule has 0 unspecified atom stereocenters. The summed E-state index contributed by atoms with van der Waals surface area (Å²) < 4.78 is 1.89. The van der Waals surface area contributed by atoms with Gasteiger partial charge in [0.15, 0.2) is 0 Å². The van der Waals surface area contributed by atoms with Crippen LogP contribution in [-0.2, 0) is 11.2 Å². The molecule has 2 amide bonds. The molecule has 0 saturated carbocycles. The zero-order valence-corrected chi connectivity index (χ0v) is 21.1. The second-order valence-electron chi connectivity index (χ2n) is 9.57. The summed E-state index contributed by atoms with van der Waals surface area (Å²) in [5.74, 6) is 0.436. The summed E-state index contributed by atoms with van der Waals surface area (Å²) >= 11 is 0. The van der Waals surface area contributed by atoms with Crippen molar-refractivity contribution in [2.45, 2.75) is 51.5 Å². The highest BCUT2D eigenvalue weighted by atomic mass is 16.2. The number of carbonyl (C=O) groups is 2. The van der Waals surface area contributed by atoms with Crippen molar-refractivity contribution >= 4 is 17.8 Å². The number of para-hydroxylation sites is 1. The van der Waals surface area contributed by atoms with Gasteiger partial charge in [0, 0.05) is 48.2 Å². The van der Waals surface area contributed by atoms with Crippen molar-refractivity contribution in [2.75, 3.05) is 11.9 Å². The predicted molar refractivity (Wildman–Crippen MR) is 144 cm³/mol. The molecule has 5 rings (SSSR count). The smallest absolute Gasteiger partial charge is 0.258 e. The van der Waals surface area contributed by atoms with E-state index in [1.54, 1.807) is 18.5 Å². The number of imidazole rings is 1. The average Bonchev–Trinajstić information content (AvgIpc) is 3.60. The molecule has 190 valence electrons. The summed E-state index contributed by atoms with van der Waals surface area (Å²) in [6.07, 6.45) is 10.7. The number of piperidine rings is 1. The number of amides is 2. The average molecular weight is 497 g/mol. The van der Waals surface area contributed by atoms with Crippen LogP contribution in [0.2, 0.25) is 0 Å². The van der Waals surface area contributed by atoms with E-state index in [9.17, 15) is 9.59 Å². The van der Waals surface area contributed by atoms with E-state index in [-0.39, 0.29) is 11.8 Å². The van der Waals surface area contributed by atoms with Crippen LogP contribution in [0.15, 0.2) is 73.2 Å². The van der Waals surface area contributed by atoms with Crippen LogP contribution >= 0.6 is 0 Å². The molecule has 0 spiro atoms. The van der Waals surface area contributed by atoms with Gasteiger partial charge in [-0.3, -0.25) is 24.6 Å². The molecule has 1 saturated heterocycles. The number of aryl methyl sites for hydroxylation is 1. The van der Waals surface area contributed by atoms with E-state index < -0.39 is 0 Å². The number of rotatable bonds is 8. The van der Waals surface area contributed by atoms with E-state index in [0.717, 1.165) is 41.9 Å². The van der Waals surface area contributed by atoms with Crippen LogP contribution in [0.3, 0.4) is 0 Å². The number of likely N-dealkylation sites (tertiary alicyclic amines) is 1. The molecule has 1 aliphatic rings. The molecule has 1 fully saturated rings. The number of aromatic nitrogens is 4. The highest BCUT2D eigenvalue weighted by Crippen LogP contribution is 2.22. The van der Waals surface area contributed by atoms with Gasteiger partial charge in [0.25, 0.3) is 5.91 Å². The number of hydrogen-bond acceptors (Lipinski definition) is 4. The van der Waals surface area contributed by atoms with E-state index >= 15 is 0 Å². The fourth-order valence-corrected chi connectivity index (χ4v) is 4.88. The summed E-state index contributed by atoms with van der Waals surface area (Å²) in [7, 11) is 0. The molecule has 2 aromatic heterocycles. The number of anilines is 1. The fraction of sp³-hybridized carbons (Fsp3) is 0.310. The molecule has 2 aromatic carbocycles. The highest BCUT2D eigenvalue weighted by molar-refractivity contribution is 6.04. The van der Waals surface area contributed by atoms with Crippen molar-refractivity contribution in [2.24, 2.45) is 0 Å². The lowest BCUT2D eigenvalue weighted by Crippen LogP contribution is -2.41. The standard InChI is InChI=1S/C29H32N6O2/c1-21-9-5-6-16-34(21)27(36)15-8-12-25-20-35(26-13-3-2-4-14-26)29(32-25)33-28(37)23-11-7-10-22(17-23)24-18-30-31-19-24/h2-4,7,10-11,13-14,17-21H,5-6,8-9,12,15-16H2,1H3,(H,30,31)(H,32,33,37)/t21-/m0/s1. The number of H-pyrrole nitrogens is 1. The van der Waals surface area contributed by atoms with Crippen LogP contribution < -0.4 is 5.32 Å². The number of benzene rings is 2. The molecule has 4 aromatic rings. The minimum absolute atomic E-state index is 0.223. The maximum Gasteiger partial charge on any atom is 0.258 e. The first-order chi connectivity index (χ1) is 18.1. The zero-order chi connectivity index (χ0) is 25.6. The van der Waals surface area contributed by atoms with E-state index in [1.807, 2.05) is 64.2 Å². The molecule has 2 N–H and O–H groups in total. The summed E-state index contributed by atoms with van der Waals surface area (Å²) in [6, 6.07) is 17.5. The number of nitrogens with zero attached hydrogens (tertiary/aromatic N) is 4. The van der Waals surface area contributed by atoms with Gasteiger partial charge in [-0.2, -0.15) is 5.10 Å². The van der Waals surface area contributed by atoms with E-state index in [1.165, 1.54) is 6.42 Å². The lowest BCUT2D eigenvalue weighted by molar-refractivity contribution is -0.134. The molecule has 3 heterocycles. The fourth-order valence-electron chi connectivity index (χ4n) is 4.88. The Morgan fingerprint density at radius 3 is 2.73 bits per heavy atom. The molecule has 0 aliphatic carbocycles. The van der Waals surface area contributed by atoms with Gasteiger partial charge < -0.3 is 4.90 Å². The van der Waals surface area contributed by atoms with Crippen LogP contribution in [0.1, 0.15) is 55.1 Å². The number of aromatic amines is 1. The van der Waals surface area contributed by atoms with Crippen molar-refractivity contribution in [1.82, 2.24) is 24.6 Å². The largest absolute Gasteiger partial charge is 0.340 e. The van der Waals surface area contributed by atoms with Gasteiger partial charge in [0.2, 0.25) is 11.9 Å². The van der Waals surface area contributed by atoms with Gasteiger partial charge in [0.1, 0.15) is 0 Å². The van der Waals surface area contributed by atoms with Gasteiger partial charge in [-0.15, -0.1) is 0 Å². The SMILES string of the molecule is C[C@H]1CCCCN1C(=O)CCCc1cn(-c2ccccc2)c(NC(=O)c2cccc(-c3cn[nH]c3)c2)n1. The van der Waals surface area contributed by atoms with Crippen LogP contribution in [0.25, 0.3) is 16.8 Å². The number of hydrogen-bond donors (Lipinski definition) is 2. The van der Waals surface area contributed by atoms with E-state index in [0.29, 0.717) is 36.8 Å². The van der Waals surface area contributed by atoms with Gasteiger partial charge in [-0.25, -0.2) is 4.98 Å². The Morgan fingerprint density at radius 2 is 1.95 bits per heavy atom. The Morgan fingerprint density at radius 1 is 1.08 bits per heavy atom. The quantitative estimate of drug-likeness (QED) is 0.349. The minimum Gasteiger partial charge on any atom is -0.340 e. The molecular weight excluding hydrogens is 464 g/mol. The van der Waals surface area contributed by atoms with Crippen molar-refractivity contribution < 1.29 is 9.59 Å². The van der Waals surface area contributed by atoms with Crippen molar-refractivity contribution in [1.29, 1.82) is 0 Å². The first-order valence-electron chi connectivity index (χ1n) is 12.9. The lowest BCUT2D eigenvalue weighted by atomic mass is 10.0. The minimum atomic E-state index is -0.242. The number of nitrogens with one attached hydrogen (secondary N) is 2. The maximum absolute atomic E-state index is 13.2. The van der Waals surface area contributed by atoms with Crippen LogP contribution in [0.4, 0.5) is 5.95 Å². The highest BCUT2D eigenvalue weighted by Gasteiger charge is 2.23. The summed E-state index contributed by atoms with van der Waals surface area (Å²) in [5, 5.41) is 9.78. The molecule has 37 heavy (non-hydrogen) atoms. The van der Waals surface area contributed by atoms with E-state index in [4.69, 9.17) is 4.98 Å². The Bertz CT molecular complexity index is 1350. The third kappa shape index (κ3) is 5.80. The van der Waals surface area contributed by atoms with Gasteiger partial charge in [-0.05, 0) is 68.9 Å². The topological polar surface area (TPSA) is 95.9 Å². The summed E-state index contributed by atoms with van der Waals surface area (Å²) in [4.78, 5) is 32.7. The molecule has 0 bridgehead atoms. The first-order valence-corrected chi connectivity index (χ1v) is 12.9. The van der Waals surface area contributed by atoms with Gasteiger partial charge in [-0.1, -0.05) is 30.3 Å². The van der Waals surface area contributed by atoms with Crippen molar-refractivity contribution in [3.8, 4) is 16.8 Å². The number of carbonyl (C=O) groups excluding carboxylic acids is 2. The van der Waals surface area contributed by atoms with Gasteiger partial charge in [0.05, 0.1) is 11.9 Å². The van der Waals surface area contributed by atoms with Crippen LogP contribution in [0, 0.1) is 0 Å². The Balaban J connectivity index is 1.31. The summed E-state index contributed by atoms with van der Waals surface area (Å²) in [6.45, 7) is 3.00. The normalized spacial score (nSPS) is 15.5. The first kappa shape index (κ1) is 24.5. The Labute approximate surface area is 216 Å². The second kappa shape index (κ2) is 11.2. The third-order valence-electron chi connectivity index (χ3n) is 6.92. The third-order valence-corrected chi connectivity index (χ3v) is 6.92. The van der Waals surface area contributed by atoms with Crippen molar-refractivity contribution in [3.63, 3.8) is 0 Å². The molecule has 0 radical (unpaired) electrons. The molecule has 8 heteroatoms. The van der Waals surface area contributed by atoms with Crippen LogP contribution in [-0.4, -0.2) is 49.0 Å². The summed E-state index contributed by atoms with van der Waals surface area (Å²) in [5.41, 5.74) is 4.09. The predicted octanol–water partition coefficient (Wildman–Crippen LogP) is 5.24. The van der Waals surface area contributed by atoms with Crippen molar-refractivity contribution in [3.05, 3.63) is 84.4 Å². The Hall–Kier alpha value is -4.20. The monoisotopic (exact) mass is 496 g/mol. The molecule has 8 nitrogen and oxygen atoms in total.